The fourth-order valence-corrected chi connectivity index (χ4v) is 1.26. The lowest BCUT2D eigenvalue weighted by Gasteiger charge is -2.06. The lowest BCUT2D eigenvalue weighted by Crippen LogP contribution is -2.19. The Morgan fingerprint density at radius 1 is 1.57 bits per heavy atom. The molecule has 0 aliphatic carbocycles. The average molecular weight is 214 g/mol. The largest absolute Gasteiger partial charge is 0.497 e. The number of carbonyl (C=O) groups excluding carboxylic acids is 1. The second-order valence-electron chi connectivity index (χ2n) is 2.87. The molecule has 0 aliphatic heterocycles. The highest BCUT2D eigenvalue weighted by Crippen LogP contribution is 2.21. The van der Waals surface area contributed by atoms with Crippen molar-refractivity contribution < 1.29 is 9.53 Å². The molecule has 0 heterocycles. The van der Waals surface area contributed by atoms with Gasteiger partial charge in [-0.25, -0.2) is 0 Å². The first-order valence-corrected chi connectivity index (χ1v) is 4.58. The Bertz CT molecular complexity index is 339. The summed E-state index contributed by atoms with van der Waals surface area (Å²) in [5.41, 5.74) is 0.877. The predicted octanol–water partition coefficient (Wildman–Crippen LogP) is 1.98. The fourth-order valence-electron chi connectivity index (χ4n) is 1.02. The van der Waals surface area contributed by atoms with Crippen LogP contribution in [-0.4, -0.2) is 13.0 Å². The third kappa shape index (κ3) is 2.92. The maximum Gasteiger partial charge on any atom is 0.217 e. The normalized spacial score (nSPS) is 9.64. The Morgan fingerprint density at radius 3 is 2.79 bits per heavy atom. The minimum Gasteiger partial charge on any atom is -0.497 e. The van der Waals surface area contributed by atoms with Crippen LogP contribution in [0.5, 0.6) is 5.75 Å². The Balaban J connectivity index is 2.73. The van der Waals surface area contributed by atoms with E-state index in [-0.39, 0.29) is 5.91 Å². The van der Waals surface area contributed by atoms with Crippen LogP contribution in [-0.2, 0) is 11.3 Å². The summed E-state index contributed by atoms with van der Waals surface area (Å²) in [7, 11) is 1.58. The summed E-state index contributed by atoms with van der Waals surface area (Å²) in [5.74, 6) is 0.637. The number of nitrogens with one attached hydrogen (secondary N) is 1. The van der Waals surface area contributed by atoms with Crippen LogP contribution in [0.25, 0.3) is 0 Å². The number of methoxy groups -OCH3 is 1. The van der Waals surface area contributed by atoms with Gasteiger partial charge in [-0.2, -0.15) is 0 Å². The van der Waals surface area contributed by atoms with Gasteiger partial charge in [0.05, 0.1) is 7.11 Å². The number of rotatable bonds is 3. The first-order valence-electron chi connectivity index (χ1n) is 4.20. The number of halogens is 1. The second-order valence-corrected chi connectivity index (χ2v) is 3.27. The molecule has 0 atom stereocenters. The monoisotopic (exact) mass is 213 g/mol. The number of benzene rings is 1. The first kappa shape index (κ1) is 10.9. The fraction of sp³-hybridized carbons (Fsp3) is 0.300. The molecule has 0 aromatic heterocycles. The molecule has 0 bridgehead atoms. The highest BCUT2D eigenvalue weighted by Gasteiger charge is 2.02. The standard InChI is InChI=1S/C10H12ClNO2/c1-7(13)12-6-8-3-4-9(14-2)5-10(8)11/h3-5H,6H2,1-2H3,(H,12,13). The van der Waals surface area contributed by atoms with E-state index in [4.69, 9.17) is 16.3 Å². The van der Waals surface area contributed by atoms with Gasteiger partial charge in [0, 0.05) is 18.5 Å². The summed E-state index contributed by atoms with van der Waals surface area (Å²) in [6.45, 7) is 1.91. The molecule has 1 aromatic rings. The topological polar surface area (TPSA) is 38.3 Å². The van der Waals surface area contributed by atoms with Crippen molar-refractivity contribution in [2.24, 2.45) is 0 Å². The van der Waals surface area contributed by atoms with Crippen molar-refractivity contribution in [2.45, 2.75) is 13.5 Å². The van der Waals surface area contributed by atoms with Gasteiger partial charge in [0.1, 0.15) is 5.75 Å². The van der Waals surface area contributed by atoms with Gasteiger partial charge >= 0.3 is 0 Å². The van der Waals surface area contributed by atoms with Crippen molar-refractivity contribution in [3.63, 3.8) is 0 Å². The summed E-state index contributed by atoms with van der Waals surface area (Å²) >= 11 is 5.96. The minimum absolute atomic E-state index is 0.0723. The van der Waals surface area contributed by atoms with E-state index >= 15 is 0 Å². The van der Waals surface area contributed by atoms with Crippen LogP contribution in [0.15, 0.2) is 18.2 Å². The summed E-state index contributed by atoms with van der Waals surface area (Å²) in [6.07, 6.45) is 0. The van der Waals surface area contributed by atoms with Gasteiger partial charge < -0.3 is 10.1 Å². The maximum atomic E-state index is 10.7. The highest BCUT2D eigenvalue weighted by atomic mass is 35.5. The van der Waals surface area contributed by atoms with Crippen molar-refractivity contribution >= 4 is 17.5 Å². The van der Waals surface area contributed by atoms with E-state index < -0.39 is 0 Å². The van der Waals surface area contributed by atoms with Gasteiger partial charge in [-0.3, -0.25) is 4.79 Å². The molecule has 1 N–H and O–H groups in total. The molecule has 0 spiro atoms. The van der Waals surface area contributed by atoms with Crippen LogP contribution in [0.4, 0.5) is 0 Å². The molecule has 0 aliphatic rings. The van der Waals surface area contributed by atoms with Crippen molar-refractivity contribution in [2.75, 3.05) is 7.11 Å². The van der Waals surface area contributed by atoms with E-state index in [0.29, 0.717) is 17.3 Å². The van der Waals surface area contributed by atoms with Crippen LogP contribution in [0.1, 0.15) is 12.5 Å². The zero-order valence-electron chi connectivity index (χ0n) is 8.13. The van der Waals surface area contributed by atoms with E-state index in [0.717, 1.165) is 5.56 Å². The second kappa shape index (κ2) is 4.86. The smallest absolute Gasteiger partial charge is 0.217 e. The van der Waals surface area contributed by atoms with Gasteiger partial charge in [-0.15, -0.1) is 0 Å². The first-order chi connectivity index (χ1) is 6.63. The van der Waals surface area contributed by atoms with Crippen LogP contribution < -0.4 is 10.1 Å². The molecule has 4 heteroatoms. The summed E-state index contributed by atoms with van der Waals surface area (Å²) in [5, 5.41) is 3.27. The van der Waals surface area contributed by atoms with Gasteiger partial charge in [0.2, 0.25) is 5.91 Å². The highest BCUT2D eigenvalue weighted by molar-refractivity contribution is 6.31. The van der Waals surface area contributed by atoms with Gasteiger partial charge in [0.15, 0.2) is 0 Å². The number of hydrogen-bond acceptors (Lipinski definition) is 2. The van der Waals surface area contributed by atoms with Gasteiger partial charge in [-0.05, 0) is 17.7 Å². The Hall–Kier alpha value is -1.22. The number of ether oxygens (including phenoxy) is 1. The quantitative estimate of drug-likeness (QED) is 0.834. The zero-order valence-corrected chi connectivity index (χ0v) is 8.89. The molecular formula is C10H12ClNO2. The average Bonchev–Trinajstić information content (AvgIpc) is 2.15. The molecule has 1 amide bonds. The van der Waals surface area contributed by atoms with E-state index in [1.807, 2.05) is 12.1 Å². The van der Waals surface area contributed by atoms with Crippen LogP contribution in [0.2, 0.25) is 5.02 Å². The Morgan fingerprint density at radius 2 is 2.29 bits per heavy atom. The lowest BCUT2D eigenvalue weighted by molar-refractivity contribution is -0.119. The van der Waals surface area contributed by atoms with Crippen molar-refractivity contribution in [3.05, 3.63) is 28.8 Å². The van der Waals surface area contributed by atoms with Crippen molar-refractivity contribution in [1.29, 1.82) is 0 Å². The summed E-state index contributed by atoms with van der Waals surface area (Å²) in [6, 6.07) is 5.36. The summed E-state index contributed by atoms with van der Waals surface area (Å²) in [4.78, 5) is 10.7. The lowest BCUT2D eigenvalue weighted by atomic mass is 10.2. The van der Waals surface area contributed by atoms with E-state index in [1.54, 1.807) is 13.2 Å². The molecule has 0 radical (unpaired) electrons. The molecule has 0 fully saturated rings. The molecule has 0 saturated carbocycles. The van der Waals surface area contributed by atoms with Crippen LogP contribution in [0, 0.1) is 0 Å². The number of hydrogen-bond donors (Lipinski definition) is 1. The molecule has 76 valence electrons. The molecular weight excluding hydrogens is 202 g/mol. The Labute approximate surface area is 88.0 Å². The van der Waals surface area contributed by atoms with Crippen molar-refractivity contribution in [3.8, 4) is 5.75 Å². The minimum atomic E-state index is -0.0723. The van der Waals surface area contributed by atoms with Gasteiger partial charge in [-0.1, -0.05) is 17.7 Å². The zero-order chi connectivity index (χ0) is 10.6. The Kier molecular flexibility index (Phi) is 3.77. The molecule has 3 nitrogen and oxygen atoms in total. The molecule has 1 aromatic carbocycles. The molecule has 0 saturated heterocycles. The maximum absolute atomic E-state index is 10.7. The SMILES string of the molecule is COc1ccc(CNC(C)=O)c(Cl)c1. The van der Waals surface area contributed by atoms with E-state index in [2.05, 4.69) is 5.32 Å². The van der Waals surface area contributed by atoms with Gasteiger partial charge in [0.25, 0.3) is 0 Å². The molecule has 0 unspecified atom stereocenters. The van der Waals surface area contributed by atoms with E-state index in [1.165, 1.54) is 6.92 Å². The number of carbonyl (C=O) groups is 1. The summed E-state index contributed by atoms with van der Waals surface area (Å²) < 4.78 is 5.00. The number of amides is 1. The molecule has 1 rings (SSSR count). The molecule has 14 heavy (non-hydrogen) atoms. The van der Waals surface area contributed by atoms with Crippen molar-refractivity contribution in [1.82, 2.24) is 5.32 Å². The van der Waals surface area contributed by atoms with Crippen LogP contribution >= 0.6 is 11.6 Å². The van der Waals surface area contributed by atoms with E-state index in [9.17, 15) is 4.79 Å². The van der Waals surface area contributed by atoms with Crippen LogP contribution in [0.3, 0.4) is 0 Å². The third-order valence-corrected chi connectivity index (χ3v) is 2.14. The third-order valence-electron chi connectivity index (χ3n) is 1.79. The predicted molar refractivity (Wildman–Crippen MR) is 55.5 cm³/mol.